The molecule has 0 bridgehead atoms. The Kier molecular flexibility index (Phi) is 6.22. The van der Waals surface area contributed by atoms with Crippen LogP contribution >= 0.6 is 22.9 Å². The number of sulfonamides is 1. The minimum absolute atomic E-state index is 0.0340. The first-order chi connectivity index (χ1) is 10.4. The number of nitrogens with one attached hydrogen (secondary N) is 1. The highest BCUT2D eigenvalue weighted by molar-refractivity contribution is 7.91. The van der Waals surface area contributed by atoms with E-state index in [-0.39, 0.29) is 16.0 Å². The van der Waals surface area contributed by atoms with Crippen molar-refractivity contribution in [3.63, 3.8) is 0 Å². The Balaban J connectivity index is 1.90. The van der Waals surface area contributed by atoms with E-state index in [1.54, 1.807) is 13.2 Å². The second-order valence-corrected chi connectivity index (χ2v) is 8.90. The van der Waals surface area contributed by atoms with E-state index in [1.807, 2.05) is 0 Å². The van der Waals surface area contributed by atoms with E-state index in [9.17, 15) is 13.2 Å². The molecule has 0 aliphatic carbocycles. The molecule has 6 nitrogen and oxygen atoms in total. The molecule has 9 heteroatoms. The third-order valence-corrected chi connectivity index (χ3v) is 7.17. The number of nitrogens with zero attached hydrogens (tertiary/aromatic N) is 1. The summed E-state index contributed by atoms with van der Waals surface area (Å²) in [4.78, 5) is 12.0. The number of ether oxygens (including phenoxy) is 1. The van der Waals surface area contributed by atoms with Crippen molar-refractivity contribution in [2.75, 3.05) is 33.4 Å². The fraction of sp³-hybridized carbons (Fsp3) is 0.615. The first-order valence-corrected chi connectivity index (χ1v) is 9.60. The van der Waals surface area contributed by atoms with Crippen LogP contribution in [-0.2, 0) is 19.6 Å². The van der Waals surface area contributed by atoms with Crippen LogP contribution in [0.5, 0.6) is 0 Å². The predicted molar refractivity (Wildman–Crippen MR) is 85.7 cm³/mol. The highest BCUT2D eigenvalue weighted by atomic mass is 35.5. The van der Waals surface area contributed by atoms with E-state index in [2.05, 4.69) is 5.32 Å². The lowest BCUT2D eigenvalue weighted by Crippen LogP contribution is -2.43. The summed E-state index contributed by atoms with van der Waals surface area (Å²) < 4.78 is 31.9. The van der Waals surface area contributed by atoms with Gasteiger partial charge in [-0.15, -0.1) is 11.3 Å². The van der Waals surface area contributed by atoms with Gasteiger partial charge in [-0.2, -0.15) is 4.31 Å². The molecule has 1 saturated heterocycles. The van der Waals surface area contributed by atoms with E-state index in [0.29, 0.717) is 43.4 Å². The maximum atomic E-state index is 12.4. The molecule has 0 radical (unpaired) electrons. The van der Waals surface area contributed by atoms with E-state index in [4.69, 9.17) is 16.3 Å². The van der Waals surface area contributed by atoms with E-state index >= 15 is 0 Å². The van der Waals surface area contributed by atoms with Crippen LogP contribution in [0, 0.1) is 5.92 Å². The molecule has 2 heterocycles. The molecule has 1 aliphatic rings. The molecule has 124 valence electrons. The molecule has 1 aliphatic heterocycles. The average Bonchev–Trinajstić information content (AvgIpc) is 2.95. The van der Waals surface area contributed by atoms with Gasteiger partial charge in [0.05, 0.1) is 10.9 Å². The number of halogens is 1. The van der Waals surface area contributed by atoms with Crippen LogP contribution < -0.4 is 5.32 Å². The first kappa shape index (κ1) is 17.7. The van der Waals surface area contributed by atoms with E-state index in [0.717, 1.165) is 11.3 Å². The smallest absolute Gasteiger partial charge is 0.252 e. The number of methoxy groups -OCH3 is 1. The van der Waals surface area contributed by atoms with Gasteiger partial charge in [0.1, 0.15) is 4.21 Å². The summed E-state index contributed by atoms with van der Waals surface area (Å²) in [6.45, 7) is 1.64. The third-order valence-electron chi connectivity index (χ3n) is 3.57. The molecule has 1 amide bonds. The number of carbonyl (C=O) groups is 1. The molecule has 1 aromatic heterocycles. The standard InChI is InChI=1S/C13H19ClN2O4S2/c1-20-9-6-15-13(17)10-4-7-16(8-5-10)22(18,19)12-3-2-11(14)21-12/h2-3,10H,4-9H2,1H3,(H,15,17). The summed E-state index contributed by atoms with van der Waals surface area (Å²) in [5.74, 6) is -0.177. The lowest BCUT2D eigenvalue weighted by atomic mass is 9.97. The lowest BCUT2D eigenvalue weighted by molar-refractivity contribution is -0.126. The highest BCUT2D eigenvalue weighted by Gasteiger charge is 2.32. The molecule has 0 aromatic carbocycles. The molecule has 1 N–H and O–H groups in total. The van der Waals surface area contributed by atoms with Gasteiger partial charge in [-0.1, -0.05) is 11.6 Å². The molecule has 0 saturated carbocycles. The van der Waals surface area contributed by atoms with Gasteiger partial charge in [0.2, 0.25) is 5.91 Å². The minimum atomic E-state index is -3.50. The number of rotatable bonds is 6. The zero-order chi connectivity index (χ0) is 16.2. The SMILES string of the molecule is COCCNC(=O)C1CCN(S(=O)(=O)c2ccc(Cl)s2)CC1. The number of hydrogen-bond acceptors (Lipinski definition) is 5. The molecule has 0 spiro atoms. The summed E-state index contributed by atoms with van der Waals surface area (Å²) in [5, 5.41) is 2.79. The van der Waals surface area contributed by atoms with Gasteiger partial charge < -0.3 is 10.1 Å². The maximum absolute atomic E-state index is 12.4. The monoisotopic (exact) mass is 366 g/mol. The molecule has 0 unspecified atom stereocenters. The Morgan fingerprint density at radius 2 is 2.14 bits per heavy atom. The average molecular weight is 367 g/mol. The molecular weight excluding hydrogens is 348 g/mol. The molecule has 2 rings (SSSR count). The number of hydrogen-bond donors (Lipinski definition) is 1. The van der Waals surface area contributed by atoms with Gasteiger partial charge in [-0.3, -0.25) is 4.79 Å². The Morgan fingerprint density at radius 3 is 2.68 bits per heavy atom. The van der Waals surface area contributed by atoms with Gasteiger partial charge in [-0.25, -0.2) is 8.42 Å². The van der Waals surface area contributed by atoms with Crippen molar-refractivity contribution < 1.29 is 17.9 Å². The minimum Gasteiger partial charge on any atom is -0.383 e. The topological polar surface area (TPSA) is 75.7 Å². The number of amides is 1. The Labute approximate surface area is 139 Å². The van der Waals surface area contributed by atoms with E-state index < -0.39 is 10.0 Å². The Morgan fingerprint density at radius 1 is 1.45 bits per heavy atom. The van der Waals surface area contributed by atoms with Crippen LogP contribution in [0.1, 0.15) is 12.8 Å². The van der Waals surface area contributed by atoms with Crippen molar-refractivity contribution in [1.29, 1.82) is 0 Å². The van der Waals surface area contributed by atoms with Crippen LogP contribution in [0.4, 0.5) is 0 Å². The van der Waals surface area contributed by atoms with Crippen molar-refractivity contribution in [2.45, 2.75) is 17.1 Å². The van der Waals surface area contributed by atoms with Gasteiger partial charge in [0, 0.05) is 32.7 Å². The maximum Gasteiger partial charge on any atom is 0.252 e. The Hall–Kier alpha value is -0.670. The molecule has 1 aromatic rings. The number of piperidine rings is 1. The fourth-order valence-electron chi connectivity index (χ4n) is 2.34. The van der Waals surface area contributed by atoms with Crippen LogP contribution in [-0.4, -0.2) is 52.0 Å². The van der Waals surface area contributed by atoms with Gasteiger partial charge in [0.15, 0.2) is 0 Å². The summed E-state index contributed by atoms with van der Waals surface area (Å²) in [6, 6.07) is 3.10. The van der Waals surface area contributed by atoms with Crippen molar-refractivity contribution >= 4 is 38.9 Å². The highest BCUT2D eigenvalue weighted by Crippen LogP contribution is 2.30. The van der Waals surface area contributed by atoms with Crippen molar-refractivity contribution in [1.82, 2.24) is 9.62 Å². The van der Waals surface area contributed by atoms with Gasteiger partial charge in [-0.05, 0) is 25.0 Å². The second-order valence-electron chi connectivity index (χ2n) is 5.02. The third kappa shape index (κ3) is 4.20. The zero-order valence-electron chi connectivity index (χ0n) is 12.2. The summed E-state index contributed by atoms with van der Waals surface area (Å²) in [6.07, 6.45) is 1.05. The number of thiophene rings is 1. The van der Waals surface area contributed by atoms with Crippen molar-refractivity contribution in [2.24, 2.45) is 5.92 Å². The van der Waals surface area contributed by atoms with Crippen LogP contribution in [0.25, 0.3) is 0 Å². The molecule has 22 heavy (non-hydrogen) atoms. The van der Waals surface area contributed by atoms with Crippen LogP contribution in [0.3, 0.4) is 0 Å². The predicted octanol–water partition coefficient (Wildman–Crippen LogP) is 1.56. The Bertz CT molecular complexity index is 609. The normalized spacial score (nSPS) is 17.5. The zero-order valence-corrected chi connectivity index (χ0v) is 14.6. The summed E-state index contributed by atoms with van der Waals surface area (Å²) in [7, 11) is -1.92. The molecule has 1 fully saturated rings. The molecule has 0 atom stereocenters. The molecular formula is C13H19ClN2O4S2. The van der Waals surface area contributed by atoms with Crippen molar-refractivity contribution in [3.05, 3.63) is 16.5 Å². The lowest BCUT2D eigenvalue weighted by Gasteiger charge is -2.30. The van der Waals surface area contributed by atoms with Gasteiger partial charge >= 0.3 is 0 Å². The van der Waals surface area contributed by atoms with Crippen LogP contribution in [0.2, 0.25) is 4.34 Å². The summed E-state index contributed by atoms with van der Waals surface area (Å²) in [5.41, 5.74) is 0. The van der Waals surface area contributed by atoms with Crippen molar-refractivity contribution in [3.8, 4) is 0 Å². The number of carbonyl (C=O) groups excluding carboxylic acids is 1. The van der Waals surface area contributed by atoms with E-state index in [1.165, 1.54) is 10.4 Å². The first-order valence-electron chi connectivity index (χ1n) is 6.97. The second kappa shape index (κ2) is 7.74. The van der Waals surface area contributed by atoms with Crippen LogP contribution in [0.15, 0.2) is 16.3 Å². The summed E-state index contributed by atoms with van der Waals surface area (Å²) >= 11 is 6.85. The largest absolute Gasteiger partial charge is 0.383 e. The quantitative estimate of drug-likeness (QED) is 0.775. The van der Waals surface area contributed by atoms with Gasteiger partial charge in [0.25, 0.3) is 10.0 Å². The fourth-order valence-corrected chi connectivity index (χ4v) is 5.45.